The minimum Gasteiger partial charge on any atom is -0.389 e. The first-order chi connectivity index (χ1) is 10.2. The molecule has 1 unspecified atom stereocenters. The first kappa shape index (κ1) is 15.5. The van der Waals surface area contributed by atoms with Crippen LogP contribution in [0.25, 0.3) is 0 Å². The van der Waals surface area contributed by atoms with Gasteiger partial charge in [0.2, 0.25) is 5.28 Å². The van der Waals surface area contributed by atoms with Gasteiger partial charge in [0, 0.05) is 6.54 Å². The molecule has 1 aromatic heterocycles. The molecule has 1 aromatic rings. The largest absolute Gasteiger partial charge is 0.389 e. The molecule has 1 saturated heterocycles. The predicted octanol–water partition coefficient (Wildman–Crippen LogP) is 0.843. The number of β-amino-alcohol motifs (C(OH)–C–C–N with tert-alkyl or cyclic N) is 1. The summed E-state index contributed by atoms with van der Waals surface area (Å²) in [7, 11) is 0. The molecule has 1 fully saturated rings. The summed E-state index contributed by atoms with van der Waals surface area (Å²) in [5, 5.41) is 10.3. The van der Waals surface area contributed by atoms with E-state index in [-0.39, 0.29) is 24.3 Å². The first-order valence-electron chi connectivity index (χ1n) is 7.15. The van der Waals surface area contributed by atoms with Gasteiger partial charge in [-0.2, -0.15) is 4.98 Å². The summed E-state index contributed by atoms with van der Waals surface area (Å²) in [5.74, 6) is 0.474. The molecule has 2 aliphatic heterocycles. The minimum absolute atomic E-state index is 0.130. The van der Waals surface area contributed by atoms with Gasteiger partial charge in [-0.25, -0.2) is 4.98 Å². The van der Waals surface area contributed by atoms with Crippen LogP contribution in [-0.4, -0.2) is 58.4 Å². The van der Waals surface area contributed by atoms with E-state index >= 15 is 0 Å². The summed E-state index contributed by atoms with van der Waals surface area (Å²) in [4.78, 5) is 24.8. The third-order valence-electron chi connectivity index (χ3n) is 3.96. The predicted molar refractivity (Wildman–Crippen MR) is 82.3 cm³/mol. The molecular weight excluding hydrogens is 308 g/mol. The highest BCUT2D eigenvalue weighted by atomic mass is 35.5. The van der Waals surface area contributed by atoms with Gasteiger partial charge in [-0.15, -0.1) is 0 Å². The lowest BCUT2D eigenvalue weighted by Crippen LogP contribution is -2.68. The molecule has 120 valence electrons. The van der Waals surface area contributed by atoms with Crippen molar-refractivity contribution in [3.8, 4) is 0 Å². The Labute approximate surface area is 133 Å². The SMILES string of the molecule is CC(C)(O)CN1C(=O)C2(C)COCCN2c2nc(Cl)ncc21. The van der Waals surface area contributed by atoms with Crippen molar-refractivity contribution >= 4 is 29.0 Å². The number of nitrogens with zero attached hydrogens (tertiary/aromatic N) is 4. The van der Waals surface area contributed by atoms with Gasteiger partial charge in [0.15, 0.2) is 5.82 Å². The number of carbonyl (C=O) groups excluding carboxylic acids is 1. The van der Waals surface area contributed by atoms with Crippen LogP contribution in [-0.2, 0) is 9.53 Å². The van der Waals surface area contributed by atoms with Gasteiger partial charge in [0.05, 0.1) is 31.6 Å². The number of rotatable bonds is 2. The van der Waals surface area contributed by atoms with Crippen molar-refractivity contribution in [3.05, 3.63) is 11.5 Å². The second-order valence-corrected chi connectivity index (χ2v) is 6.87. The Morgan fingerprint density at radius 2 is 2.27 bits per heavy atom. The molecule has 2 aliphatic rings. The molecule has 0 aromatic carbocycles. The van der Waals surface area contributed by atoms with Crippen LogP contribution in [0, 0.1) is 0 Å². The molecule has 0 aliphatic carbocycles. The lowest BCUT2D eigenvalue weighted by Gasteiger charge is -2.51. The van der Waals surface area contributed by atoms with Crippen LogP contribution in [0.5, 0.6) is 0 Å². The van der Waals surface area contributed by atoms with E-state index in [2.05, 4.69) is 9.97 Å². The van der Waals surface area contributed by atoms with Gasteiger partial charge in [0.25, 0.3) is 5.91 Å². The van der Waals surface area contributed by atoms with Gasteiger partial charge in [-0.3, -0.25) is 4.79 Å². The Morgan fingerprint density at radius 1 is 1.55 bits per heavy atom. The fraction of sp³-hybridized carbons (Fsp3) is 0.643. The Kier molecular flexibility index (Phi) is 3.54. The summed E-state index contributed by atoms with van der Waals surface area (Å²) in [5.41, 5.74) is -1.33. The molecule has 22 heavy (non-hydrogen) atoms. The van der Waals surface area contributed by atoms with Crippen LogP contribution in [0.3, 0.4) is 0 Å². The molecular formula is C14H19ClN4O3. The van der Waals surface area contributed by atoms with Crippen molar-refractivity contribution in [2.24, 2.45) is 0 Å². The van der Waals surface area contributed by atoms with Gasteiger partial charge >= 0.3 is 0 Å². The summed E-state index contributed by atoms with van der Waals surface area (Å²) in [6.45, 7) is 6.63. The van der Waals surface area contributed by atoms with Crippen molar-refractivity contribution in [1.29, 1.82) is 0 Å². The van der Waals surface area contributed by atoms with Crippen LogP contribution in [0.15, 0.2) is 6.20 Å². The van der Waals surface area contributed by atoms with E-state index in [0.717, 1.165) is 0 Å². The zero-order valence-electron chi connectivity index (χ0n) is 12.8. The van der Waals surface area contributed by atoms with E-state index in [1.807, 2.05) is 11.8 Å². The topological polar surface area (TPSA) is 78.8 Å². The molecule has 3 rings (SSSR count). The average Bonchev–Trinajstić information content (AvgIpc) is 2.43. The van der Waals surface area contributed by atoms with Gasteiger partial charge in [-0.05, 0) is 32.4 Å². The van der Waals surface area contributed by atoms with Crippen molar-refractivity contribution in [2.75, 3.05) is 36.1 Å². The van der Waals surface area contributed by atoms with Crippen molar-refractivity contribution in [1.82, 2.24) is 9.97 Å². The van der Waals surface area contributed by atoms with Gasteiger partial charge < -0.3 is 19.6 Å². The quantitative estimate of drug-likeness (QED) is 0.812. The van der Waals surface area contributed by atoms with E-state index in [1.54, 1.807) is 13.8 Å². The number of ether oxygens (including phenoxy) is 1. The molecule has 0 bridgehead atoms. The van der Waals surface area contributed by atoms with Crippen LogP contribution < -0.4 is 9.80 Å². The Morgan fingerprint density at radius 3 is 2.95 bits per heavy atom. The Bertz CT molecular complexity index is 619. The number of hydrogen-bond acceptors (Lipinski definition) is 6. The summed E-state index contributed by atoms with van der Waals surface area (Å²) in [6, 6.07) is 0. The number of hydrogen-bond donors (Lipinski definition) is 1. The molecule has 8 heteroatoms. The van der Waals surface area contributed by atoms with E-state index < -0.39 is 11.1 Å². The maximum absolute atomic E-state index is 13.0. The molecule has 0 spiro atoms. The zero-order valence-corrected chi connectivity index (χ0v) is 13.6. The van der Waals surface area contributed by atoms with Crippen LogP contribution in [0.4, 0.5) is 11.5 Å². The first-order valence-corrected chi connectivity index (χ1v) is 7.52. The minimum atomic E-state index is -1.04. The number of anilines is 2. The third-order valence-corrected chi connectivity index (χ3v) is 4.14. The standard InChI is InChI=1S/C14H19ClN4O3/c1-13(2,21)7-18-9-6-16-12(15)17-10(9)19-4-5-22-8-14(19,3)11(18)20/h6,21H,4-5,7-8H2,1-3H3. The molecule has 0 saturated carbocycles. The summed E-state index contributed by atoms with van der Waals surface area (Å²) in [6.07, 6.45) is 1.53. The van der Waals surface area contributed by atoms with E-state index in [0.29, 0.717) is 24.7 Å². The smallest absolute Gasteiger partial charge is 0.255 e. The molecule has 7 nitrogen and oxygen atoms in total. The Balaban J connectivity index is 2.14. The van der Waals surface area contributed by atoms with Crippen LogP contribution >= 0.6 is 11.6 Å². The third kappa shape index (κ3) is 2.43. The van der Waals surface area contributed by atoms with Gasteiger partial charge in [-0.1, -0.05) is 0 Å². The second-order valence-electron chi connectivity index (χ2n) is 6.53. The zero-order chi connectivity index (χ0) is 16.1. The number of fused-ring (bicyclic) bond motifs is 3. The number of carbonyl (C=O) groups is 1. The van der Waals surface area contributed by atoms with Crippen molar-refractivity contribution < 1.29 is 14.6 Å². The number of halogens is 1. The number of morpholine rings is 1. The molecule has 1 N–H and O–H groups in total. The Hall–Kier alpha value is -1.44. The van der Waals surface area contributed by atoms with Crippen LogP contribution in [0.2, 0.25) is 5.28 Å². The van der Waals surface area contributed by atoms with Crippen molar-refractivity contribution in [3.63, 3.8) is 0 Å². The molecule has 1 atom stereocenters. The highest BCUT2D eigenvalue weighted by Crippen LogP contribution is 2.41. The molecule has 0 radical (unpaired) electrons. The monoisotopic (exact) mass is 326 g/mol. The van der Waals surface area contributed by atoms with Crippen molar-refractivity contribution in [2.45, 2.75) is 31.9 Å². The maximum Gasteiger partial charge on any atom is 0.255 e. The number of amides is 1. The molecule has 1 amide bonds. The molecule has 3 heterocycles. The highest BCUT2D eigenvalue weighted by molar-refractivity contribution is 6.28. The van der Waals surface area contributed by atoms with E-state index in [4.69, 9.17) is 16.3 Å². The lowest BCUT2D eigenvalue weighted by atomic mass is 9.93. The summed E-state index contributed by atoms with van der Waals surface area (Å²) >= 11 is 5.94. The maximum atomic E-state index is 13.0. The fourth-order valence-corrected chi connectivity index (χ4v) is 3.08. The second kappa shape index (κ2) is 5.04. The lowest BCUT2D eigenvalue weighted by molar-refractivity contribution is -0.128. The highest BCUT2D eigenvalue weighted by Gasteiger charge is 2.51. The average molecular weight is 327 g/mol. The number of aromatic nitrogens is 2. The van der Waals surface area contributed by atoms with Gasteiger partial charge in [0.1, 0.15) is 11.2 Å². The fourth-order valence-electron chi connectivity index (χ4n) is 2.95. The van der Waals surface area contributed by atoms with Crippen LogP contribution in [0.1, 0.15) is 20.8 Å². The van der Waals surface area contributed by atoms with E-state index in [1.165, 1.54) is 11.1 Å². The normalized spacial score (nSPS) is 25.0. The van der Waals surface area contributed by atoms with E-state index in [9.17, 15) is 9.90 Å². The number of aliphatic hydroxyl groups is 1. The summed E-state index contributed by atoms with van der Waals surface area (Å²) < 4.78 is 5.51.